The molecular formula is C26H34N8O6S2. The summed E-state index contributed by atoms with van der Waals surface area (Å²) in [5.74, 6) is 0.680. The first-order chi connectivity index (χ1) is 19.9. The van der Waals surface area contributed by atoms with Crippen LogP contribution in [0.5, 0.6) is 0 Å². The first kappa shape index (κ1) is 31.2. The third-order valence-corrected chi connectivity index (χ3v) is 7.93. The Kier molecular flexibility index (Phi) is 10.4. The molecule has 1 aliphatic carbocycles. The fraction of sp³-hybridized carbons (Fsp3) is 0.423. The van der Waals surface area contributed by atoms with Crippen molar-refractivity contribution in [1.82, 2.24) is 25.1 Å². The monoisotopic (exact) mass is 618 g/mol. The molecule has 1 saturated carbocycles. The van der Waals surface area contributed by atoms with Crippen LogP contribution in [0.1, 0.15) is 25.0 Å². The minimum atomic E-state index is -4.10. The molecule has 3 aromatic rings. The number of H-pyrrole nitrogens is 1. The number of carboxylic acid groups (broad SMARTS) is 1. The molecular weight excluding hydrogens is 584 g/mol. The van der Waals surface area contributed by atoms with Crippen LogP contribution in [-0.2, 0) is 19.7 Å². The first-order valence-corrected chi connectivity index (χ1v) is 15.7. The van der Waals surface area contributed by atoms with Gasteiger partial charge in [0.2, 0.25) is 5.91 Å². The van der Waals surface area contributed by atoms with Gasteiger partial charge in [0.25, 0.3) is 10.1 Å². The third-order valence-electron chi connectivity index (χ3n) is 6.33. The molecule has 42 heavy (non-hydrogen) atoms. The van der Waals surface area contributed by atoms with E-state index in [1.54, 1.807) is 0 Å². The predicted molar refractivity (Wildman–Crippen MR) is 159 cm³/mol. The number of hydrogen-bond acceptors (Lipinski definition) is 11. The topological polar surface area (TPSA) is 194 Å². The molecule has 1 aromatic carbocycles. The van der Waals surface area contributed by atoms with E-state index < -0.39 is 28.3 Å². The smallest absolute Gasteiger partial charge is 0.304 e. The largest absolute Gasteiger partial charge is 0.481 e. The van der Waals surface area contributed by atoms with Gasteiger partial charge in [-0.25, -0.2) is 9.97 Å². The number of aliphatic carboxylic acids is 1. The van der Waals surface area contributed by atoms with Crippen LogP contribution >= 0.6 is 11.8 Å². The van der Waals surface area contributed by atoms with Crippen molar-refractivity contribution in [2.45, 2.75) is 36.2 Å². The second-order valence-corrected chi connectivity index (χ2v) is 12.7. The van der Waals surface area contributed by atoms with Gasteiger partial charge in [-0.3, -0.25) is 19.2 Å². The Labute approximate surface area is 248 Å². The van der Waals surface area contributed by atoms with Gasteiger partial charge in [-0.1, -0.05) is 0 Å². The summed E-state index contributed by atoms with van der Waals surface area (Å²) in [7, 11) is -1.96. The zero-order valence-electron chi connectivity index (χ0n) is 23.3. The van der Waals surface area contributed by atoms with E-state index in [0.717, 1.165) is 66.9 Å². The molecule has 5 N–H and O–H groups in total. The van der Waals surface area contributed by atoms with E-state index in [2.05, 4.69) is 37.7 Å². The quantitative estimate of drug-likeness (QED) is 0.165. The summed E-state index contributed by atoms with van der Waals surface area (Å²) in [4.78, 5) is 36.9. The molecule has 1 aliphatic heterocycles. The summed E-state index contributed by atoms with van der Waals surface area (Å²) < 4.78 is 27.6. The molecule has 1 saturated heterocycles. The molecule has 0 unspecified atom stereocenters. The van der Waals surface area contributed by atoms with Gasteiger partial charge in [0.1, 0.15) is 11.6 Å². The normalized spacial score (nSPS) is 15.5. The van der Waals surface area contributed by atoms with Crippen LogP contribution < -0.4 is 15.5 Å². The lowest BCUT2D eigenvalue weighted by Crippen LogP contribution is -2.44. The Hall–Kier alpha value is -3.73. The van der Waals surface area contributed by atoms with Crippen LogP contribution in [0.25, 0.3) is 0 Å². The summed E-state index contributed by atoms with van der Waals surface area (Å²) in [5, 5.41) is 22.1. The number of aryl methyl sites for hydroxylation is 1. The van der Waals surface area contributed by atoms with Crippen LogP contribution in [-0.4, -0.2) is 94.0 Å². The van der Waals surface area contributed by atoms with E-state index in [0.29, 0.717) is 11.0 Å². The fourth-order valence-electron chi connectivity index (χ4n) is 3.85. The minimum Gasteiger partial charge on any atom is -0.481 e. The Morgan fingerprint density at radius 1 is 1.07 bits per heavy atom. The molecule has 0 atom stereocenters. The average molecular weight is 619 g/mol. The van der Waals surface area contributed by atoms with Crippen LogP contribution in [0.2, 0.25) is 0 Å². The van der Waals surface area contributed by atoms with E-state index in [-0.39, 0.29) is 11.8 Å². The molecule has 1 amide bonds. The van der Waals surface area contributed by atoms with Crippen molar-refractivity contribution in [2.24, 2.45) is 5.92 Å². The van der Waals surface area contributed by atoms with E-state index in [1.165, 1.54) is 11.8 Å². The van der Waals surface area contributed by atoms with Crippen molar-refractivity contribution in [3.63, 3.8) is 0 Å². The van der Waals surface area contributed by atoms with Gasteiger partial charge in [-0.05, 0) is 62.8 Å². The Bertz CT molecular complexity index is 1490. The van der Waals surface area contributed by atoms with E-state index in [9.17, 15) is 18.0 Å². The van der Waals surface area contributed by atoms with Crippen molar-refractivity contribution in [1.29, 1.82) is 0 Å². The lowest BCUT2D eigenvalue weighted by molar-refractivity contribution is -0.136. The molecule has 2 aromatic heterocycles. The molecule has 3 heterocycles. The number of benzene rings is 1. The van der Waals surface area contributed by atoms with Gasteiger partial charge in [0.15, 0.2) is 11.0 Å². The number of likely N-dealkylation sites (N-methyl/N-ethyl adjacent to an activating group) is 1. The highest BCUT2D eigenvalue weighted by Crippen LogP contribution is 2.32. The van der Waals surface area contributed by atoms with Crippen LogP contribution in [0.4, 0.5) is 23.1 Å². The molecule has 0 radical (unpaired) electrons. The number of carbonyl (C=O) groups excluding carboxylic acids is 1. The van der Waals surface area contributed by atoms with Gasteiger partial charge >= 0.3 is 5.97 Å². The maximum absolute atomic E-state index is 12.0. The maximum atomic E-state index is 12.0. The Morgan fingerprint density at radius 3 is 2.31 bits per heavy atom. The summed E-state index contributed by atoms with van der Waals surface area (Å²) in [6, 6.07) is 11.8. The van der Waals surface area contributed by atoms with Gasteiger partial charge in [-0.2, -0.15) is 13.5 Å². The second-order valence-electron chi connectivity index (χ2n) is 10.1. The van der Waals surface area contributed by atoms with Crippen LogP contribution in [0, 0.1) is 12.8 Å². The van der Waals surface area contributed by atoms with Crippen molar-refractivity contribution in [3.8, 4) is 0 Å². The molecule has 14 nitrogen and oxygen atoms in total. The number of nitrogens with zero attached hydrogens (tertiary/aromatic N) is 5. The third kappa shape index (κ3) is 10.3. The first-order valence-electron chi connectivity index (χ1n) is 13.3. The highest BCUT2D eigenvalue weighted by atomic mass is 32.2. The summed E-state index contributed by atoms with van der Waals surface area (Å²) >= 11 is 1.50. The molecule has 16 heteroatoms. The number of aromatic nitrogens is 4. The highest BCUT2D eigenvalue weighted by Gasteiger charge is 2.29. The summed E-state index contributed by atoms with van der Waals surface area (Å²) in [6.07, 6.45) is 1.43. The zero-order valence-corrected chi connectivity index (χ0v) is 24.9. The van der Waals surface area contributed by atoms with E-state index in [4.69, 9.17) is 19.6 Å². The van der Waals surface area contributed by atoms with E-state index in [1.807, 2.05) is 43.3 Å². The van der Waals surface area contributed by atoms with Crippen molar-refractivity contribution in [3.05, 3.63) is 42.1 Å². The van der Waals surface area contributed by atoms with Crippen LogP contribution in [0.15, 0.2) is 46.5 Å². The molecule has 0 spiro atoms. The molecule has 5 rings (SSSR count). The van der Waals surface area contributed by atoms with Crippen LogP contribution in [0.3, 0.4) is 0 Å². The van der Waals surface area contributed by atoms with Gasteiger partial charge in [-0.15, -0.1) is 0 Å². The number of carboxylic acids is 1. The maximum Gasteiger partial charge on any atom is 0.304 e. The standard InChI is InChI=1S/C23H28N8OS.C3H6O5S/c1-15-13-20(29-28-15)25-19-14-21(31-11-9-30(2)10-12-31)27-23(26-19)33-18-7-5-17(6-8-18)24-22(32)16-3-4-16;4-3(5)1-2-9(6,7)8/h5-8,13-14,16H,3-4,9-12H2,1-2H3,(H,24,32)(H2,25,26,27,28,29);1-2H2,(H,4,5)(H,6,7,8). The summed E-state index contributed by atoms with van der Waals surface area (Å²) in [6.45, 7) is 5.82. The summed E-state index contributed by atoms with van der Waals surface area (Å²) in [5.41, 5.74) is 1.80. The average Bonchev–Trinajstić information content (AvgIpc) is 3.71. The highest BCUT2D eigenvalue weighted by molar-refractivity contribution is 7.99. The van der Waals surface area contributed by atoms with Gasteiger partial charge < -0.3 is 25.5 Å². The predicted octanol–water partition coefficient (Wildman–Crippen LogP) is 2.85. The van der Waals surface area contributed by atoms with Gasteiger partial charge in [0.05, 0.1) is 12.2 Å². The SMILES string of the molecule is Cc1cc(Nc2cc(N3CCN(C)CC3)nc(Sc3ccc(NC(=O)C4CC4)cc3)n2)n[nH]1.O=C(O)CCS(=O)(=O)O. The van der Waals surface area contributed by atoms with Crippen molar-refractivity contribution < 1.29 is 27.7 Å². The number of amides is 1. The van der Waals surface area contributed by atoms with Gasteiger partial charge in [0, 0.05) is 60.5 Å². The number of rotatable bonds is 10. The Morgan fingerprint density at radius 2 is 1.76 bits per heavy atom. The van der Waals surface area contributed by atoms with E-state index >= 15 is 0 Å². The minimum absolute atomic E-state index is 0.114. The fourth-order valence-corrected chi connectivity index (χ4v) is 5.05. The second kappa shape index (κ2) is 14.0. The lowest BCUT2D eigenvalue weighted by atomic mass is 10.3. The number of hydrogen-bond donors (Lipinski definition) is 5. The molecule has 2 fully saturated rings. The number of piperazine rings is 1. The van der Waals surface area contributed by atoms with Crippen molar-refractivity contribution >= 4 is 56.9 Å². The van der Waals surface area contributed by atoms with Crippen molar-refractivity contribution in [2.75, 3.05) is 54.5 Å². The number of aromatic amines is 1. The number of anilines is 4. The zero-order chi connectivity index (χ0) is 30.3. The Balaban J connectivity index is 0.000000392. The molecule has 226 valence electrons. The lowest BCUT2D eigenvalue weighted by Gasteiger charge is -2.33. The number of nitrogens with one attached hydrogen (secondary N) is 3. The number of carbonyl (C=O) groups is 2. The molecule has 0 bridgehead atoms. The molecule has 2 aliphatic rings.